The fraction of sp³-hybridized carbons (Fsp3) is 0.150. The summed E-state index contributed by atoms with van der Waals surface area (Å²) in [7, 11) is 0. The zero-order chi connectivity index (χ0) is 17.9. The zero-order valence-electron chi connectivity index (χ0n) is 13.9. The molecule has 2 aromatic carbocycles. The smallest absolute Gasteiger partial charge is 0.248 e. The van der Waals surface area contributed by atoms with Gasteiger partial charge in [0.05, 0.1) is 10.2 Å². The van der Waals surface area contributed by atoms with E-state index in [1.54, 1.807) is 41.7 Å². The molecule has 1 fully saturated rings. The Morgan fingerprint density at radius 3 is 2.38 bits per heavy atom. The lowest BCUT2D eigenvalue weighted by molar-refractivity contribution is -0.117. The summed E-state index contributed by atoms with van der Waals surface area (Å²) in [6.45, 7) is 0. The summed E-state index contributed by atoms with van der Waals surface area (Å²) in [6, 6.07) is 15.0. The van der Waals surface area contributed by atoms with E-state index in [1.165, 1.54) is 6.08 Å². The highest BCUT2D eigenvalue weighted by Crippen LogP contribution is 2.30. The summed E-state index contributed by atoms with van der Waals surface area (Å²) >= 11 is 1.54. The Kier molecular flexibility index (Phi) is 4.50. The highest BCUT2D eigenvalue weighted by molar-refractivity contribution is 7.19. The molecule has 130 valence electrons. The van der Waals surface area contributed by atoms with Crippen LogP contribution in [0.4, 0.5) is 11.4 Å². The van der Waals surface area contributed by atoms with Crippen LogP contribution in [0, 0.1) is 5.92 Å². The highest BCUT2D eigenvalue weighted by Gasteiger charge is 2.29. The molecule has 3 aromatic rings. The Hall–Kier alpha value is -2.99. The van der Waals surface area contributed by atoms with E-state index in [4.69, 9.17) is 0 Å². The Bertz CT molecular complexity index is 955. The molecule has 1 saturated carbocycles. The van der Waals surface area contributed by atoms with E-state index in [0.29, 0.717) is 5.69 Å². The molecule has 26 heavy (non-hydrogen) atoms. The Labute approximate surface area is 154 Å². The molecule has 0 unspecified atom stereocenters. The van der Waals surface area contributed by atoms with Gasteiger partial charge in [0, 0.05) is 23.4 Å². The lowest BCUT2D eigenvalue weighted by atomic mass is 10.2. The van der Waals surface area contributed by atoms with Gasteiger partial charge in [-0.2, -0.15) is 0 Å². The van der Waals surface area contributed by atoms with Crippen LogP contribution in [-0.2, 0) is 9.59 Å². The second-order valence-electron chi connectivity index (χ2n) is 6.18. The molecule has 2 N–H and O–H groups in total. The van der Waals surface area contributed by atoms with Crippen molar-refractivity contribution in [3.05, 3.63) is 59.6 Å². The molecule has 5 nitrogen and oxygen atoms in total. The molecule has 1 heterocycles. The van der Waals surface area contributed by atoms with Crippen molar-refractivity contribution in [1.82, 2.24) is 4.98 Å². The van der Waals surface area contributed by atoms with Crippen molar-refractivity contribution in [2.24, 2.45) is 5.92 Å². The third kappa shape index (κ3) is 3.97. The number of anilines is 2. The molecule has 1 aliphatic rings. The van der Waals surface area contributed by atoms with Gasteiger partial charge in [0.25, 0.3) is 0 Å². The monoisotopic (exact) mass is 363 g/mol. The van der Waals surface area contributed by atoms with Crippen LogP contribution >= 0.6 is 11.3 Å². The van der Waals surface area contributed by atoms with Crippen LogP contribution in [0.5, 0.6) is 0 Å². The fourth-order valence-electron chi connectivity index (χ4n) is 2.52. The average Bonchev–Trinajstić information content (AvgIpc) is 3.41. The molecule has 2 amide bonds. The molecule has 0 aliphatic heterocycles. The normalized spacial score (nSPS) is 13.8. The van der Waals surface area contributed by atoms with Crippen molar-refractivity contribution >= 4 is 50.8 Å². The maximum absolute atomic E-state index is 12.1. The number of carbonyl (C=O) groups excluding carboxylic acids is 2. The van der Waals surface area contributed by atoms with Gasteiger partial charge in [0.1, 0.15) is 5.01 Å². The van der Waals surface area contributed by atoms with Crippen LogP contribution in [-0.4, -0.2) is 16.8 Å². The standard InChI is InChI=1S/C20H17N3O2S/c24-18(11-12-19-23-16-3-1-2-4-17(16)26-19)21-14-7-9-15(10-8-14)22-20(25)13-5-6-13/h1-4,7-13H,5-6H2,(H,21,24)(H,22,25)/b12-11+. The number of para-hydroxylation sites is 1. The predicted octanol–water partition coefficient (Wildman–Crippen LogP) is 4.30. The second kappa shape index (κ2) is 7.09. The van der Waals surface area contributed by atoms with E-state index in [1.807, 2.05) is 24.3 Å². The van der Waals surface area contributed by atoms with Gasteiger partial charge in [-0.3, -0.25) is 9.59 Å². The summed E-state index contributed by atoms with van der Waals surface area (Å²) in [5.74, 6) is 0.0154. The first-order valence-corrected chi connectivity index (χ1v) is 9.24. The minimum Gasteiger partial charge on any atom is -0.326 e. The van der Waals surface area contributed by atoms with Crippen LogP contribution in [0.25, 0.3) is 16.3 Å². The lowest BCUT2D eigenvalue weighted by Gasteiger charge is -2.06. The SMILES string of the molecule is O=C(/C=C/c1nc2ccccc2s1)Nc1ccc(NC(=O)C2CC2)cc1. The van der Waals surface area contributed by atoms with Crippen LogP contribution in [0.1, 0.15) is 17.8 Å². The second-order valence-corrected chi connectivity index (χ2v) is 7.25. The van der Waals surface area contributed by atoms with Crippen molar-refractivity contribution in [3.8, 4) is 0 Å². The van der Waals surface area contributed by atoms with Gasteiger partial charge < -0.3 is 10.6 Å². The maximum Gasteiger partial charge on any atom is 0.248 e. The van der Waals surface area contributed by atoms with E-state index < -0.39 is 0 Å². The highest BCUT2D eigenvalue weighted by atomic mass is 32.1. The number of fused-ring (bicyclic) bond motifs is 1. The number of benzene rings is 2. The maximum atomic E-state index is 12.1. The van der Waals surface area contributed by atoms with Crippen LogP contribution in [0.2, 0.25) is 0 Å². The van der Waals surface area contributed by atoms with E-state index >= 15 is 0 Å². The number of hydrogen-bond acceptors (Lipinski definition) is 4. The van der Waals surface area contributed by atoms with Crippen LogP contribution in [0.3, 0.4) is 0 Å². The molecule has 4 rings (SSSR count). The fourth-order valence-corrected chi connectivity index (χ4v) is 3.39. The number of nitrogens with zero attached hydrogens (tertiary/aromatic N) is 1. The molecule has 6 heteroatoms. The lowest BCUT2D eigenvalue weighted by Crippen LogP contribution is -2.13. The molecule has 1 aliphatic carbocycles. The summed E-state index contributed by atoms with van der Waals surface area (Å²) in [5, 5.41) is 6.46. The van der Waals surface area contributed by atoms with E-state index in [0.717, 1.165) is 33.8 Å². The minimum absolute atomic E-state index is 0.0700. The molecular formula is C20H17N3O2S. The van der Waals surface area contributed by atoms with Gasteiger partial charge in [-0.1, -0.05) is 12.1 Å². The van der Waals surface area contributed by atoms with Crippen molar-refractivity contribution in [1.29, 1.82) is 0 Å². The van der Waals surface area contributed by atoms with Crippen molar-refractivity contribution in [3.63, 3.8) is 0 Å². The minimum atomic E-state index is -0.223. The number of nitrogens with one attached hydrogen (secondary N) is 2. The summed E-state index contributed by atoms with van der Waals surface area (Å²) in [4.78, 5) is 28.3. The molecular weight excluding hydrogens is 346 g/mol. The summed E-state index contributed by atoms with van der Waals surface area (Å²) in [6.07, 6.45) is 5.13. The Balaban J connectivity index is 1.35. The van der Waals surface area contributed by atoms with Gasteiger partial charge >= 0.3 is 0 Å². The van der Waals surface area contributed by atoms with Gasteiger partial charge in [0.2, 0.25) is 11.8 Å². The number of rotatable bonds is 5. The Morgan fingerprint density at radius 1 is 1.00 bits per heavy atom. The zero-order valence-corrected chi connectivity index (χ0v) is 14.8. The molecule has 0 radical (unpaired) electrons. The van der Waals surface area contributed by atoms with Gasteiger partial charge in [-0.05, 0) is 55.3 Å². The number of aromatic nitrogens is 1. The third-order valence-corrected chi connectivity index (χ3v) is 5.06. The number of thiazole rings is 1. The van der Waals surface area contributed by atoms with Gasteiger partial charge in [-0.25, -0.2) is 4.98 Å². The molecule has 0 atom stereocenters. The largest absolute Gasteiger partial charge is 0.326 e. The topological polar surface area (TPSA) is 71.1 Å². The number of amides is 2. The quantitative estimate of drug-likeness (QED) is 0.664. The van der Waals surface area contributed by atoms with Gasteiger partial charge in [-0.15, -0.1) is 11.3 Å². The number of hydrogen-bond donors (Lipinski definition) is 2. The molecule has 0 saturated heterocycles. The van der Waals surface area contributed by atoms with Crippen molar-refractivity contribution in [2.75, 3.05) is 10.6 Å². The first-order valence-electron chi connectivity index (χ1n) is 8.43. The number of carbonyl (C=O) groups is 2. The average molecular weight is 363 g/mol. The summed E-state index contributed by atoms with van der Waals surface area (Å²) in [5.41, 5.74) is 2.35. The predicted molar refractivity (Wildman–Crippen MR) is 105 cm³/mol. The van der Waals surface area contributed by atoms with Crippen molar-refractivity contribution < 1.29 is 9.59 Å². The molecule has 1 aromatic heterocycles. The van der Waals surface area contributed by atoms with E-state index in [9.17, 15) is 9.59 Å². The third-order valence-electron chi connectivity index (χ3n) is 4.06. The van der Waals surface area contributed by atoms with Crippen LogP contribution < -0.4 is 10.6 Å². The van der Waals surface area contributed by atoms with Gasteiger partial charge in [0.15, 0.2) is 0 Å². The van der Waals surface area contributed by atoms with Crippen LogP contribution in [0.15, 0.2) is 54.6 Å². The van der Waals surface area contributed by atoms with E-state index in [-0.39, 0.29) is 17.7 Å². The summed E-state index contributed by atoms with van der Waals surface area (Å²) < 4.78 is 1.09. The molecule has 0 bridgehead atoms. The molecule has 0 spiro atoms. The first kappa shape index (κ1) is 16.5. The first-order chi connectivity index (χ1) is 12.7. The van der Waals surface area contributed by atoms with E-state index in [2.05, 4.69) is 15.6 Å². The Morgan fingerprint density at radius 2 is 1.69 bits per heavy atom. The van der Waals surface area contributed by atoms with Crippen molar-refractivity contribution in [2.45, 2.75) is 12.8 Å².